The number of rotatable bonds is 5. The second-order valence-corrected chi connectivity index (χ2v) is 8.31. The van der Waals surface area contributed by atoms with Crippen LogP contribution in [0.25, 0.3) is 10.9 Å². The standard InChI is InChI=1S/C25H24N4O2/c1-16-17(2)29-22-12-21(9-8-20(22)11-23(29)25(31)27-16)24(30)10-19-13-26-28(15-19)14-18-6-4-3-5-7-18/h3-9,11-13,15-17H,10,14H2,1-2H3,(H,27,31)/t16-,17-/m0/s1. The maximum Gasteiger partial charge on any atom is 0.268 e. The van der Waals surface area contributed by atoms with E-state index < -0.39 is 0 Å². The Labute approximate surface area is 180 Å². The number of carbonyl (C=O) groups excluding carboxylic acids is 2. The number of Topliss-reactive ketones (excluding diaryl/α,β-unsaturated/α-hetero) is 1. The molecule has 0 aliphatic carbocycles. The molecule has 2 aromatic heterocycles. The van der Waals surface area contributed by atoms with E-state index in [0.717, 1.165) is 16.5 Å². The first-order chi connectivity index (χ1) is 15.0. The highest BCUT2D eigenvalue weighted by Crippen LogP contribution is 2.30. The highest BCUT2D eigenvalue weighted by Gasteiger charge is 2.29. The van der Waals surface area contributed by atoms with E-state index in [1.807, 2.05) is 64.8 Å². The van der Waals surface area contributed by atoms with E-state index in [0.29, 0.717) is 24.2 Å². The summed E-state index contributed by atoms with van der Waals surface area (Å²) >= 11 is 0. The molecular formula is C25H24N4O2. The van der Waals surface area contributed by atoms with E-state index in [1.165, 1.54) is 5.56 Å². The molecule has 1 aliphatic rings. The number of nitrogens with one attached hydrogen (secondary N) is 1. The van der Waals surface area contributed by atoms with Gasteiger partial charge in [-0.2, -0.15) is 5.10 Å². The fraction of sp³-hybridized carbons (Fsp3) is 0.240. The van der Waals surface area contributed by atoms with Gasteiger partial charge >= 0.3 is 0 Å². The molecule has 6 nitrogen and oxygen atoms in total. The van der Waals surface area contributed by atoms with E-state index in [-0.39, 0.29) is 23.8 Å². The lowest BCUT2D eigenvalue weighted by atomic mass is 10.0. The smallest absolute Gasteiger partial charge is 0.268 e. The molecule has 5 rings (SSSR count). The van der Waals surface area contributed by atoms with Crippen LogP contribution < -0.4 is 5.32 Å². The Hall–Kier alpha value is -3.67. The molecule has 6 heteroatoms. The molecule has 3 heterocycles. The molecule has 0 fully saturated rings. The van der Waals surface area contributed by atoms with Gasteiger partial charge in [0.05, 0.1) is 18.8 Å². The van der Waals surface area contributed by atoms with Crippen LogP contribution in [0.5, 0.6) is 0 Å². The number of amides is 1. The minimum Gasteiger partial charge on any atom is -0.346 e. The van der Waals surface area contributed by atoms with Crippen LogP contribution in [-0.2, 0) is 13.0 Å². The van der Waals surface area contributed by atoms with Crippen LogP contribution in [0.3, 0.4) is 0 Å². The van der Waals surface area contributed by atoms with Crippen molar-refractivity contribution in [2.24, 2.45) is 0 Å². The van der Waals surface area contributed by atoms with Crippen molar-refractivity contribution in [1.82, 2.24) is 19.7 Å². The second kappa shape index (κ2) is 7.54. The first-order valence-electron chi connectivity index (χ1n) is 10.5. The number of fused-ring (bicyclic) bond motifs is 3. The van der Waals surface area contributed by atoms with Crippen LogP contribution in [0.4, 0.5) is 0 Å². The van der Waals surface area contributed by atoms with Crippen LogP contribution in [0.15, 0.2) is 67.0 Å². The zero-order valence-corrected chi connectivity index (χ0v) is 17.6. The highest BCUT2D eigenvalue weighted by atomic mass is 16.2. The third-order valence-electron chi connectivity index (χ3n) is 6.12. The Bertz CT molecular complexity index is 1290. The minimum absolute atomic E-state index is 0.0328. The summed E-state index contributed by atoms with van der Waals surface area (Å²) < 4.78 is 3.90. The van der Waals surface area contributed by atoms with Crippen molar-refractivity contribution in [3.8, 4) is 0 Å². The van der Waals surface area contributed by atoms with Gasteiger partial charge in [-0.05, 0) is 37.1 Å². The lowest BCUT2D eigenvalue weighted by molar-refractivity contribution is 0.0891. The zero-order chi connectivity index (χ0) is 21.5. The Morgan fingerprint density at radius 3 is 2.68 bits per heavy atom. The van der Waals surface area contributed by atoms with Crippen LogP contribution in [0.2, 0.25) is 0 Å². The van der Waals surface area contributed by atoms with Crippen molar-refractivity contribution >= 4 is 22.6 Å². The fourth-order valence-electron chi connectivity index (χ4n) is 4.28. The third kappa shape index (κ3) is 3.54. The van der Waals surface area contributed by atoms with Gasteiger partial charge in [-0.15, -0.1) is 0 Å². The van der Waals surface area contributed by atoms with Crippen molar-refractivity contribution < 1.29 is 9.59 Å². The van der Waals surface area contributed by atoms with Gasteiger partial charge in [0.15, 0.2) is 5.78 Å². The number of hydrogen-bond acceptors (Lipinski definition) is 3. The van der Waals surface area contributed by atoms with Crippen molar-refractivity contribution in [2.45, 2.75) is 38.9 Å². The van der Waals surface area contributed by atoms with Crippen LogP contribution in [-0.4, -0.2) is 32.1 Å². The molecule has 1 N–H and O–H groups in total. The monoisotopic (exact) mass is 412 g/mol. The lowest BCUT2D eigenvalue weighted by Gasteiger charge is -2.30. The number of hydrogen-bond donors (Lipinski definition) is 1. The first-order valence-corrected chi connectivity index (χ1v) is 10.5. The summed E-state index contributed by atoms with van der Waals surface area (Å²) in [4.78, 5) is 25.4. The topological polar surface area (TPSA) is 68.9 Å². The number of nitrogens with zero attached hydrogens (tertiary/aromatic N) is 3. The van der Waals surface area contributed by atoms with E-state index in [1.54, 1.807) is 6.20 Å². The SMILES string of the molecule is C[C@@H]1NC(=O)c2cc3ccc(C(=O)Cc4cnn(Cc5ccccc5)c4)cc3n2[C@H]1C. The normalized spacial score (nSPS) is 18.1. The van der Waals surface area contributed by atoms with Gasteiger partial charge in [-0.1, -0.05) is 42.5 Å². The van der Waals surface area contributed by atoms with Crippen LogP contribution >= 0.6 is 0 Å². The van der Waals surface area contributed by atoms with Crippen molar-refractivity contribution in [1.29, 1.82) is 0 Å². The minimum atomic E-state index is -0.0690. The Kier molecular flexibility index (Phi) is 4.70. The molecule has 0 saturated heterocycles. The number of benzene rings is 2. The van der Waals surface area contributed by atoms with Gasteiger partial charge in [0.1, 0.15) is 5.69 Å². The average Bonchev–Trinajstić information content (AvgIpc) is 3.37. The Morgan fingerprint density at radius 1 is 1.06 bits per heavy atom. The number of ketones is 1. The van der Waals surface area contributed by atoms with Crippen molar-refractivity contribution in [3.63, 3.8) is 0 Å². The molecule has 0 radical (unpaired) electrons. The first kappa shape index (κ1) is 19.3. The van der Waals surface area contributed by atoms with Gasteiger partial charge in [0, 0.05) is 35.1 Å². The largest absolute Gasteiger partial charge is 0.346 e. The van der Waals surface area contributed by atoms with E-state index in [9.17, 15) is 9.59 Å². The van der Waals surface area contributed by atoms with E-state index in [2.05, 4.69) is 29.5 Å². The summed E-state index contributed by atoms with van der Waals surface area (Å²) in [5.41, 5.74) is 4.27. The molecule has 2 atom stereocenters. The summed E-state index contributed by atoms with van der Waals surface area (Å²) in [6, 6.07) is 17.8. The summed E-state index contributed by atoms with van der Waals surface area (Å²) in [6.07, 6.45) is 3.98. The van der Waals surface area contributed by atoms with Crippen LogP contribution in [0.1, 0.15) is 51.9 Å². The molecule has 31 heavy (non-hydrogen) atoms. The molecular weight excluding hydrogens is 388 g/mol. The quantitative estimate of drug-likeness (QED) is 0.504. The predicted octanol–water partition coefficient (Wildman–Crippen LogP) is 4.00. The zero-order valence-electron chi connectivity index (χ0n) is 17.6. The predicted molar refractivity (Wildman–Crippen MR) is 119 cm³/mol. The third-order valence-corrected chi connectivity index (χ3v) is 6.12. The molecule has 1 amide bonds. The van der Waals surface area contributed by atoms with Gasteiger partial charge < -0.3 is 9.88 Å². The maximum absolute atomic E-state index is 13.0. The van der Waals surface area contributed by atoms with Crippen molar-refractivity contribution in [3.05, 3.63) is 89.4 Å². The average molecular weight is 412 g/mol. The summed E-state index contributed by atoms with van der Waals surface area (Å²) in [6.45, 7) is 4.76. The van der Waals surface area contributed by atoms with E-state index in [4.69, 9.17) is 0 Å². The molecule has 0 bridgehead atoms. The van der Waals surface area contributed by atoms with Crippen molar-refractivity contribution in [2.75, 3.05) is 0 Å². The number of aromatic nitrogens is 3. The molecule has 0 spiro atoms. The van der Waals surface area contributed by atoms with Gasteiger partial charge in [0.2, 0.25) is 0 Å². The van der Waals surface area contributed by atoms with Gasteiger partial charge in [0.25, 0.3) is 5.91 Å². The molecule has 0 unspecified atom stereocenters. The summed E-state index contributed by atoms with van der Waals surface area (Å²) in [5.74, 6) is -0.0295. The molecule has 0 saturated carbocycles. The van der Waals surface area contributed by atoms with E-state index >= 15 is 0 Å². The summed E-state index contributed by atoms with van der Waals surface area (Å²) in [7, 11) is 0. The second-order valence-electron chi connectivity index (χ2n) is 8.31. The number of carbonyl (C=O) groups is 2. The van der Waals surface area contributed by atoms with Gasteiger partial charge in [-0.25, -0.2) is 0 Å². The lowest BCUT2D eigenvalue weighted by Crippen LogP contribution is -2.44. The Balaban J connectivity index is 1.39. The molecule has 4 aromatic rings. The van der Waals surface area contributed by atoms with Crippen LogP contribution in [0, 0.1) is 0 Å². The maximum atomic E-state index is 13.0. The van der Waals surface area contributed by atoms with Gasteiger partial charge in [-0.3, -0.25) is 14.3 Å². The molecule has 156 valence electrons. The fourth-order valence-corrected chi connectivity index (χ4v) is 4.28. The highest BCUT2D eigenvalue weighted by molar-refractivity contribution is 6.03. The summed E-state index contributed by atoms with van der Waals surface area (Å²) in [5, 5.41) is 8.37. The molecule has 2 aromatic carbocycles. The Morgan fingerprint density at radius 2 is 1.87 bits per heavy atom. The molecule has 1 aliphatic heterocycles.